The van der Waals surface area contributed by atoms with Gasteiger partial charge in [0.25, 0.3) is 0 Å². The Balaban J connectivity index is 1.43. The monoisotopic (exact) mass is 956 g/mol. The predicted octanol–water partition coefficient (Wildman–Crippen LogP) is -24.6. The van der Waals surface area contributed by atoms with E-state index in [9.17, 15) is 0 Å². The van der Waals surface area contributed by atoms with Crippen molar-refractivity contribution in [3.63, 3.8) is 0 Å². The van der Waals surface area contributed by atoms with E-state index in [1.165, 1.54) is 187 Å². The van der Waals surface area contributed by atoms with Crippen LogP contribution in [-0.4, -0.2) is 173 Å². The van der Waals surface area contributed by atoms with Crippen LogP contribution in [0.1, 0.15) is 47.2 Å². The summed E-state index contributed by atoms with van der Waals surface area (Å²) in [7, 11) is 51.8. The lowest BCUT2D eigenvalue weighted by atomic mass is 9.50. The molecule has 1 atom stereocenters. The predicted molar refractivity (Wildman–Crippen MR) is 403 cm³/mol. The van der Waals surface area contributed by atoms with E-state index in [0.29, 0.717) is 0 Å². The van der Waals surface area contributed by atoms with Gasteiger partial charge >= 0.3 is 0 Å². The highest BCUT2D eigenvalue weighted by atomic mass is 16.3. The molecule has 9 aromatic rings. The van der Waals surface area contributed by atoms with E-state index in [1.54, 1.807) is 0 Å². The van der Waals surface area contributed by atoms with Gasteiger partial charge < -0.3 is 9.32 Å². The molecule has 0 N–H and O–H groups in total. The summed E-state index contributed by atoms with van der Waals surface area (Å²) in [4.78, 5) is 2.77. The van der Waals surface area contributed by atoms with Crippen LogP contribution in [0.5, 0.6) is 0 Å². The molecule has 8 aromatic carbocycles. The molecule has 24 heteroatoms. The molecule has 1 aromatic heterocycles. The minimum atomic E-state index is -0.658. The van der Waals surface area contributed by atoms with Crippen LogP contribution in [0, 0.1) is 0 Å². The van der Waals surface area contributed by atoms with Crippen molar-refractivity contribution in [1.29, 1.82) is 0 Å². The molecule has 0 fully saturated rings. The van der Waals surface area contributed by atoms with Gasteiger partial charge in [0.15, 0.2) is 0 Å². The molecule has 0 spiro atoms. The maximum absolute atomic E-state index is 7.06. The van der Waals surface area contributed by atoms with E-state index in [-0.39, 0.29) is 5.41 Å². The first-order chi connectivity index (χ1) is 35.6. The molecule has 11 rings (SSSR count). The fourth-order valence-corrected chi connectivity index (χ4v) is 15.2. The second kappa shape index (κ2) is 17.6. The average molecular weight is 952 g/mol. The summed E-state index contributed by atoms with van der Waals surface area (Å²) in [6, 6.07) is 22.1. The van der Waals surface area contributed by atoms with E-state index >= 15 is 0 Å². The van der Waals surface area contributed by atoms with E-state index < -0.39 is 5.41 Å². The van der Waals surface area contributed by atoms with Gasteiger partial charge in [-0.25, -0.2) is 0 Å². The quantitative estimate of drug-likeness (QED) is 0.160. The smallest absolute Gasteiger partial charge is 0.142 e. The summed E-state index contributed by atoms with van der Waals surface area (Å²) in [5.74, 6) is 0. The van der Waals surface area contributed by atoms with Gasteiger partial charge in [0.2, 0.25) is 0 Å². The van der Waals surface area contributed by atoms with Crippen LogP contribution in [0.3, 0.4) is 0 Å². The summed E-state index contributed by atoms with van der Waals surface area (Å²) in [6.07, 6.45) is 0. The highest BCUT2D eigenvalue weighted by Gasteiger charge is 2.52. The third-order valence-electron chi connectivity index (χ3n) is 20.7. The van der Waals surface area contributed by atoms with Crippen LogP contribution in [-0.2, 0) is 10.8 Å². The Labute approximate surface area is 472 Å². The lowest BCUT2D eigenvalue weighted by molar-refractivity contribution is 0.665. The maximum atomic E-state index is 7.06. The summed E-state index contributed by atoms with van der Waals surface area (Å²) in [5.41, 5.74) is 47.9. The second-order valence-electron chi connectivity index (χ2n) is 24.9. The minimum Gasteiger partial charge on any atom is -0.456 e. The molecule has 0 saturated carbocycles. The van der Waals surface area contributed by atoms with Gasteiger partial charge in [-0.1, -0.05) is 138 Å². The molecule has 0 saturated heterocycles. The number of nitrogens with zero attached hydrogens (tertiary/aromatic N) is 1. The molecular weight excluding hydrogens is 892 g/mol. The first kappa shape index (κ1) is 52.8. The number of rotatable bonds is 5. The van der Waals surface area contributed by atoms with Crippen molar-refractivity contribution in [2.45, 2.75) is 24.7 Å². The van der Waals surface area contributed by atoms with Gasteiger partial charge in [0.05, 0.1) is 16.5 Å². The van der Waals surface area contributed by atoms with Crippen molar-refractivity contribution in [2.24, 2.45) is 0 Å². The van der Waals surface area contributed by atoms with E-state index in [1.807, 2.05) is 0 Å². The second-order valence-corrected chi connectivity index (χ2v) is 24.9. The topological polar surface area (TPSA) is 16.4 Å². The van der Waals surface area contributed by atoms with Crippen molar-refractivity contribution in [2.75, 3.05) is 4.90 Å². The fraction of sp³-hybridized carbons (Fsp3) is 0.0769. The fourth-order valence-electron chi connectivity index (χ4n) is 15.2. The van der Waals surface area contributed by atoms with Crippen LogP contribution in [0.25, 0.3) is 44.2 Å². The number of hydrogen-bond acceptors (Lipinski definition) is 2. The van der Waals surface area contributed by atoms with Gasteiger partial charge in [-0.3, -0.25) is 0 Å². The molecule has 1 heterocycles. The molecule has 76 heavy (non-hydrogen) atoms. The number of anilines is 3. The molecule has 0 amide bonds. The average Bonchev–Trinajstić information content (AvgIpc) is 4.14. The first-order valence-corrected chi connectivity index (χ1v) is 28.0. The standard InChI is InChI=1S/C52H59B22NO/c1-51(2)17-10-23(59)36(62)38(64)28(17)15-9-24(60)49(43(69)31(15)51)75(25-5-13(53)6-27-29(25)14-7-18(54)19(55)11-26(14)76-27)50-30-16-8-22(58)37(63)39(65)32(16)52(33(30)40(66)46(72)48(50)74,12-3-20(56)35(61)21(57)4-12)34-41(67)44(70)47(73)45(71)42(34)68/h3-11H,53-74H2,1-2H3. The van der Waals surface area contributed by atoms with Crippen LogP contribution in [0.2, 0.25) is 0 Å². The van der Waals surface area contributed by atoms with Crippen molar-refractivity contribution in [3.05, 3.63) is 88.0 Å². The summed E-state index contributed by atoms with van der Waals surface area (Å²) in [5, 5.41) is 2.31. The zero-order valence-electron chi connectivity index (χ0n) is 50.6. The number of hydrogen-bond donors (Lipinski definition) is 0. The zero-order chi connectivity index (χ0) is 55.2. The lowest BCUT2D eigenvalue weighted by Gasteiger charge is -2.42. The van der Waals surface area contributed by atoms with Gasteiger partial charge in [0, 0.05) is 27.7 Å². The first-order valence-electron chi connectivity index (χ1n) is 28.0. The summed E-state index contributed by atoms with van der Waals surface area (Å²) in [6.45, 7) is 4.95. The molecule has 2 nitrogen and oxygen atoms in total. The minimum absolute atomic E-state index is 0.240. The van der Waals surface area contributed by atoms with E-state index in [2.05, 4.69) is 246 Å². The molecule has 0 bridgehead atoms. The van der Waals surface area contributed by atoms with Gasteiger partial charge in [0.1, 0.15) is 184 Å². The summed E-state index contributed by atoms with van der Waals surface area (Å²) >= 11 is 0. The lowest BCUT2D eigenvalue weighted by Crippen LogP contribution is -2.61. The van der Waals surface area contributed by atoms with E-state index in [0.717, 1.165) is 27.6 Å². The van der Waals surface area contributed by atoms with Gasteiger partial charge in [-0.2, -0.15) is 0 Å². The van der Waals surface area contributed by atoms with E-state index in [4.69, 9.17) is 4.42 Å². The van der Waals surface area contributed by atoms with Gasteiger partial charge in [-0.15, -0.1) is 32.8 Å². The Kier molecular flexibility index (Phi) is 12.3. The zero-order valence-corrected chi connectivity index (χ0v) is 50.6. The third-order valence-corrected chi connectivity index (χ3v) is 20.7. The molecular formula is C52H59B22NO. The largest absolute Gasteiger partial charge is 0.456 e. The van der Waals surface area contributed by atoms with Crippen LogP contribution < -0.4 is 125 Å². The molecule has 2 aliphatic carbocycles. The van der Waals surface area contributed by atoms with Crippen LogP contribution in [0.4, 0.5) is 17.1 Å². The number of benzene rings is 8. The van der Waals surface area contributed by atoms with Crippen LogP contribution in [0.15, 0.2) is 59.0 Å². The SMILES string of the molecule is Bc1cc(N(c2c(B)cc3c(c2B)C(C)(C)c2cc(B)c(B)c(B)c2-3)c2c(B)c(B)c(B)c3c2-c2cc(B)c(B)c(B)c2C3(c2cc(B)c(B)c(B)c2)c2c(B)c(B)c(B)c(B)c2B)c2c(c1)oc1cc(B)c(B)cc12. The maximum Gasteiger partial charge on any atom is 0.142 e. The normalized spacial score (nSPS) is 15.0. The third kappa shape index (κ3) is 6.85. The Bertz CT molecular complexity index is 4150. The molecule has 2 aliphatic rings. The number of fused-ring (bicyclic) bond motifs is 9. The van der Waals surface area contributed by atoms with Crippen molar-refractivity contribution in [1.82, 2.24) is 0 Å². The molecule has 0 aliphatic heterocycles. The highest BCUT2D eigenvalue weighted by Crippen LogP contribution is 2.57. The molecule has 0 radical (unpaired) electrons. The molecule has 1 unspecified atom stereocenters. The molecule has 344 valence electrons. The number of furan rings is 1. The Morgan fingerprint density at radius 2 is 0.855 bits per heavy atom. The summed E-state index contributed by atoms with van der Waals surface area (Å²) < 4.78 is 7.06. The van der Waals surface area contributed by atoms with Crippen LogP contribution >= 0.6 is 0 Å². The Morgan fingerprint density at radius 3 is 1.49 bits per heavy atom. The Morgan fingerprint density at radius 1 is 0.355 bits per heavy atom. The highest BCUT2D eigenvalue weighted by molar-refractivity contribution is 6.69. The van der Waals surface area contributed by atoms with Crippen molar-refractivity contribution in [3.8, 4) is 22.3 Å². The van der Waals surface area contributed by atoms with Crippen molar-refractivity contribution < 1.29 is 4.42 Å². The van der Waals surface area contributed by atoms with Crippen molar-refractivity contribution >= 4 is 332 Å². The Hall–Kier alpha value is -5.21. The van der Waals surface area contributed by atoms with Gasteiger partial charge in [-0.05, 0) is 68.3 Å².